The van der Waals surface area contributed by atoms with E-state index in [1.165, 1.54) is 111 Å². The van der Waals surface area contributed by atoms with Gasteiger partial charge >= 0.3 is 0 Å². The third kappa shape index (κ3) is 6.19. The van der Waals surface area contributed by atoms with E-state index in [1.807, 2.05) is 0 Å². The van der Waals surface area contributed by atoms with Crippen LogP contribution < -0.4 is 4.90 Å². The van der Waals surface area contributed by atoms with E-state index >= 15 is 0 Å². The zero-order valence-corrected chi connectivity index (χ0v) is 41.5. The molecule has 1 heteroatoms. The van der Waals surface area contributed by atoms with Crippen LogP contribution in [0.3, 0.4) is 0 Å². The first-order valence-corrected chi connectivity index (χ1v) is 26.5. The number of hydrogen-bond donors (Lipinski definition) is 0. The van der Waals surface area contributed by atoms with Crippen LogP contribution >= 0.6 is 0 Å². The van der Waals surface area contributed by atoms with E-state index in [0.717, 1.165) is 29.9 Å². The highest BCUT2D eigenvalue weighted by Crippen LogP contribution is 2.65. The van der Waals surface area contributed by atoms with Gasteiger partial charge in [0.05, 0.1) is 22.2 Å². The maximum absolute atomic E-state index is 2.62. The molecule has 4 aliphatic rings. The number of anilines is 3. The molecule has 0 heterocycles. The van der Waals surface area contributed by atoms with Crippen LogP contribution in [-0.4, -0.2) is 0 Å². The molecule has 0 aromatic heterocycles. The first kappa shape index (κ1) is 43.3. The Kier molecular flexibility index (Phi) is 9.90. The van der Waals surface area contributed by atoms with Crippen molar-refractivity contribution in [2.75, 3.05) is 4.90 Å². The maximum Gasteiger partial charge on any atom is 0.0722 e. The molecular weight excluding hydrogens is 903 g/mol. The first-order chi connectivity index (χ1) is 37.3. The van der Waals surface area contributed by atoms with Crippen molar-refractivity contribution in [1.29, 1.82) is 0 Å². The van der Waals surface area contributed by atoms with Crippen LogP contribution in [0, 0.1) is 0 Å². The van der Waals surface area contributed by atoms with Crippen molar-refractivity contribution in [1.82, 2.24) is 0 Å². The summed E-state index contributed by atoms with van der Waals surface area (Å²) in [5.74, 6) is 0. The lowest BCUT2D eigenvalue weighted by atomic mass is 9.68. The van der Waals surface area contributed by atoms with Gasteiger partial charge in [0, 0.05) is 16.8 Å². The van der Waals surface area contributed by atoms with Gasteiger partial charge in [-0.3, -0.25) is 0 Å². The molecule has 0 radical (unpaired) electrons. The largest absolute Gasteiger partial charge is 0.309 e. The fourth-order valence-corrected chi connectivity index (χ4v) is 14.0. The minimum atomic E-state index is -0.581. The van der Waals surface area contributed by atoms with Gasteiger partial charge < -0.3 is 4.90 Å². The molecule has 0 aliphatic heterocycles. The molecule has 1 nitrogen and oxygen atoms in total. The van der Waals surface area contributed by atoms with E-state index in [1.54, 1.807) is 0 Å². The summed E-state index contributed by atoms with van der Waals surface area (Å²) in [6.45, 7) is 0. The van der Waals surface area contributed by atoms with Gasteiger partial charge in [0.25, 0.3) is 0 Å². The van der Waals surface area contributed by atoms with Gasteiger partial charge in [0.15, 0.2) is 0 Å². The van der Waals surface area contributed by atoms with Gasteiger partial charge in [0.1, 0.15) is 0 Å². The standard InChI is InChI=1S/C74H51N/c1-5-25-50(26-6-1)55-33-13-14-37-60(55)71-56(51-27-7-2-8-28-51)39-23-45-69(71)75(70-46-24-44-68-72(70)61-38-18-22-43-66(61)73(68,52-29-9-3-10-30-52)53-31-11-4-12-32-53)54-47-48-67-62(49-54)59-36-17-21-42-65(59)74(67)63-40-19-15-34-57(63)58-35-16-20-41-64(58)74/h1-15,17-34,36-49H,16,35H2. The fraction of sp³-hybridized carbons (Fsp3) is 0.0541. The highest BCUT2D eigenvalue weighted by atomic mass is 15.1. The maximum atomic E-state index is 2.62. The highest BCUT2D eigenvalue weighted by Gasteiger charge is 2.53. The van der Waals surface area contributed by atoms with E-state index in [0.29, 0.717) is 0 Å². The Morgan fingerprint density at radius 2 is 0.773 bits per heavy atom. The Balaban J connectivity index is 1.07. The molecule has 352 valence electrons. The average molecular weight is 954 g/mol. The highest BCUT2D eigenvalue weighted by molar-refractivity contribution is 6.06. The van der Waals surface area contributed by atoms with Crippen LogP contribution in [0.1, 0.15) is 57.3 Å². The average Bonchev–Trinajstić information content (AvgIpc) is 4.12. The van der Waals surface area contributed by atoms with E-state index in [4.69, 9.17) is 0 Å². The quantitative estimate of drug-likeness (QED) is 0.147. The fourth-order valence-electron chi connectivity index (χ4n) is 14.0. The zero-order valence-electron chi connectivity index (χ0n) is 41.5. The minimum absolute atomic E-state index is 0.414. The molecule has 15 rings (SSSR count). The first-order valence-electron chi connectivity index (χ1n) is 26.5. The lowest BCUT2D eigenvalue weighted by Gasteiger charge is -2.35. The molecule has 0 saturated carbocycles. The molecule has 75 heavy (non-hydrogen) atoms. The Morgan fingerprint density at radius 1 is 0.307 bits per heavy atom. The van der Waals surface area contributed by atoms with E-state index < -0.39 is 10.8 Å². The van der Waals surface area contributed by atoms with Crippen LogP contribution in [-0.2, 0) is 10.8 Å². The van der Waals surface area contributed by atoms with Crippen molar-refractivity contribution in [3.63, 3.8) is 0 Å². The second-order valence-corrected chi connectivity index (χ2v) is 20.4. The molecule has 0 bridgehead atoms. The van der Waals surface area contributed by atoms with Crippen molar-refractivity contribution in [2.24, 2.45) is 0 Å². The van der Waals surface area contributed by atoms with E-state index in [2.05, 4.69) is 290 Å². The summed E-state index contributed by atoms with van der Waals surface area (Å²) in [5.41, 5.74) is 27.9. The van der Waals surface area contributed by atoms with Gasteiger partial charge in [-0.05, 0) is 137 Å². The Hall–Kier alpha value is -9.30. The molecule has 1 unspecified atom stereocenters. The Morgan fingerprint density at radius 3 is 1.44 bits per heavy atom. The second-order valence-electron chi connectivity index (χ2n) is 20.4. The SMILES string of the molecule is C1=CC2=C(CC1)c1ccccc1C21c2ccccc2-c2cc(N(c3cccc(-c4ccccc4)c3-c3ccccc3-c3ccccc3)c3cccc4c3-c3ccccc3C4(c3ccccc3)c3ccccc3)ccc21. The monoisotopic (exact) mass is 953 g/mol. The van der Waals surface area contributed by atoms with Crippen LogP contribution in [0.25, 0.3) is 61.2 Å². The second kappa shape index (κ2) is 17.2. The third-order valence-electron chi connectivity index (χ3n) is 16.9. The zero-order chi connectivity index (χ0) is 49.5. The van der Waals surface area contributed by atoms with Crippen molar-refractivity contribution in [3.8, 4) is 55.6 Å². The van der Waals surface area contributed by atoms with Crippen LogP contribution in [0.5, 0.6) is 0 Å². The molecule has 0 N–H and O–H groups in total. The number of fused-ring (bicyclic) bond motifs is 12. The van der Waals surface area contributed by atoms with E-state index in [-0.39, 0.29) is 0 Å². The van der Waals surface area contributed by atoms with Gasteiger partial charge in [-0.2, -0.15) is 0 Å². The molecule has 1 atom stereocenters. The van der Waals surface area contributed by atoms with Crippen LogP contribution in [0.4, 0.5) is 17.1 Å². The number of hydrogen-bond acceptors (Lipinski definition) is 1. The van der Waals surface area contributed by atoms with Crippen LogP contribution in [0.2, 0.25) is 0 Å². The predicted molar refractivity (Wildman–Crippen MR) is 312 cm³/mol. The molecule has 1 spiro atoms. The summed E-state index contributed by atoms with van der Waals surface area (Å²) < 4.78 is 0. The molecule has 0 fully saturated rings. The van der Waals surface area contributed by atoms with Gasteiger partial charge in [0.2, 0.25) is 0 Å². The van der Waals surface area contributed by atoms with Gasteiger partial charge in [-0.25, -0.2) is 0 Å². The topological polar surface area (TPSA) is 3.24 Å². The summed E-state index contributed by atoms with van der Waals surface area (Å²) in [7, 11) is 0. The lowest BCUT2D eigenvalue weighted by Crippen LogP contribution is -2.28. The Labute approximate surface area is 439 Å². The number of nitrogens with zero attached hydrogens (tertiary/aromatic N) is 1. The van der Waals surface area contributed by atoms with Crippen LogP contribution in [0.15, 0.2) is 291 Å². The number of allylic oxidation sites excluding steroid dienone is 4. The number of rotatable bonds is 8. The molecule has 4 aliphatic carbocycles. The summed E-state index contributed by atoms with van der Waals surface area (Å²) in [4.78, 5) is 2.62. The minimum Gasteiger partial charge on any atom is -0.309 e. The smallest absolute Gasteiger partial charge is 0.0722 e. The molecular formula is C74H51N. The van der Waals surface area contributed by atoms with Crippen molar-refractivity contribution in [2.45, 2.75) is 23.7 Å². The molecule has 0 saturated heterocycles. The van der Waals surface area contributed by atoms with Crippen molar-refractivity contribution in [3.05, 3.63) is 335 Å². The Bertz CT molecular complexity index is 4070. The van der Waals surface area contributed by atoms with Gasteiger partial charge in [-0.1, -0.05) is 261 Å². The van der Waals surface area contributed by atoms with Crippen molar-refractivity contribution >= 4 is 22.6 Å². The van der Waals surface area contributed by atoms with Gasteiger partial charge in [-0.15, -0.1) is 0 Å². The summed E-state index contributed by atoms with van der Waals surface area (Å²) in [6, 6.07) is 102. The normalized spacial score (nSPS) is 15.9. The predicted octanol–water partition coefficient (Wildman–Crippen LogP) is 19.0. The third-order valence-corrected chi connectivity index (χ3v) is 16.9. The molecule has 11 aromatic rings. The molecule has 11 aromatic carbocycles. The molecule has 0 amide bonds. The lowest BCUT2D eigenvalue weighted by molar-refractivity contribution is 0.768. The summed E-state index contributed by atoms with van der Waals surface area (Å²) in [6.07, 6.45) is 6.96. The van der Waals surface area contributed by atoms with Crippen molar-refractivity contribution < 1.29 is 0 Å². The number of benzene rings is 11. The summed E-state index contributed by atoms with van der Waals surface area (Å²) >= 11 is 0. The summed E-state index contributed by atoms with van der Waals surface area (Å²) in [5, 5.41) is 0. The van der Waals surface area contributed by atoms with E-state index in [9.17, 15) is 0 Å².